The van der Waals surface area contributed by atoms with Crippen molar-refractivity contribution in [2.75, 3.05) is 11.5 Å². The van der Waals surface area contributed by atoms with Crippen molar-refractivity contribution >= 4 is 34.6 Å². The Morgan fingerprint density at radius 2 is 2.19 bits per heavy atom. The molecule has 1 aliphatic rings. The van der Waals surface area contributed by atoms with E-state index in [1.165, 1.54) is 11.8 Å². The highest BCUT2D eigenvalue weighted by atomic mass is 32.2. The minimum Gasteiger partial charge on any atom is -0.463 e. The molecule has 0 aromatic heterocycles. The number of hydrogen-bond donors (Lipinski definition) is 0. The maximum Gasteiger partial charge on any atom is 0.310 e. The molecule has 1 fully saturated rings. The van der Waals surface area contributed by atoms with Gasteiger partial charge in [-0.2, -0.15) is 11.8 Å². The lowest BCUT2D eigenvalue weighted by Crippen LogP contribution is -2.21. The Hall–Kier alpha value is -0.160. The fourth-order valence-electron chi connectivity index (χ4n) is 1.52. The first kappa shape index (κ1) is 13.9. The van der Waals surface area contributed by atoms with Crippen LogP contribution in [0, 0.1) is 5.92 Å². The molecule has 0 aromatic rings. The van der Waals surface area contributed by atoms with Crippen LogP contribution in [0.25, 0.3) is 0 Å². The maximum absolute atomic E-state index is 11.6. The zero-order valence-electron chi connectivity index (χ0n) is 9.89. The van der Waals surface area contributed by atoms with Gasteiger partial charge < -0.3 is 4.74 Å². The molecule has 0 aromatic carbocycles. The SMILES string of the molecule is CC(=O)SC[C@H]1CC(C(=O)OC(C)C)CS1. The van der Waals surface area contributed by atoms with Crippen LogP contribution in [0.5, 0.6) is 0 Å². The van der Waals surface area contributed by atoms with Gasteiger partial charge in [-0.15, -0.1) is 0 Å². The van der Waals surface area contributed by atoms with Crippen LogP contribution in [-0.4, -0.2) is 33.9 Å². The second kappa shape index (κ2) is 6.55. The summed E-state index contributed by atoms with van der Waals surface area (Å²) < 4.78 is 5.18. The summed E-state index contributed by atoms with van der Waals surface area (Å²) in [7, 11) is 0. The van der Waals surface area contributed by atoms with Crippen LogP contribution in [0.3, 0.4) is 0 Å². The van der Waals surface area contributed by atoms with E-state index in [0.717, 1.165) is 17.9 Å². The van der Waals surface area contributed by atoms with Crippen LogP contribution in [0.1, 0.15) is 27.2 Å². The molecule has 3 nitrogen and oxygen atoms in total. The summed E-state index contributed by atoms with van der Waals surface area (Å²) in [5, 5.41) is 0.562. The molecule has 0 radical (unpaired) electrons. The Balaban J connectivity index is 2.29. The maximum atomic E-state index is 11.6. The van der Waals surface area contributed by atoms with Gasteiger partial charge in [-0.25, -0.2) is 0 Å². The van der Waals surface area contributed by atoms with Crippen LogP contribution in [0.4, 0.5) is 0 Å². The predicted octanol–water partition coefficient (Wildman–Crippen LogP) is 2.34. The highest BCUT2D eigenvalue weighted by Gasteiger charge is 2.32. The Kier molecular flexibility index (Phi) is 5.69. The second-order valence-electron chi connectivity index (χ2n) is 4.18. The molecule has 92 valence electrons. The Morgan fingerprint density at radius 1 is 1.50 bits per heavy atom. The van der Waals surface area contributed by atoms with Crippen LogP contribution in [-0.2, 0) is 14.3 Å². The normalized spacial score (nSPS) is 24.8. The molecule has 0 bridgehead atoms. The summed E-state index contributed by atoms with van der Waals surface area (Å²) in [6.07, 6.45) is 0.805. The average molecular weight is 262 g/mol. The van der Waals surface area contributed by atoms with Gasteiger partial charge in [0.2, 0.25) is 0 Å². The van der Waals surface area contributed by atoms with Crippen LogP contribution < -0.4 is 0 Å². The molecule has 5 heteroatoms. The number of hydrogen-bond acceptors (Lipinski definition) is 5. The van der Waals surface area contributed by atoms with Crippen molar-refractivity contribution in [2.45, 2.75) is 38.5 Å². The first-order chi connectivity index (χ1) is 7.49. The minimum absolute atomic E-state index is 0.0185. The van der Waals surface area contributed by atoms with Gasteiger partial charge in [0, 0.05) is 23.7 Å². The van der Waals surface area contributed by atoms with Crippen LogP contribution >= 0.6 is 23.5 Å². The van der Waals surface area contributed by atoms with E-state index in [4.69, 9.17) is 4.74 Å². The van der Waals surface area contributed by atoms with Gasteiger partial charge >= 0.3 is 5.97 Å². The highest BCUT2D eigenvalue weighted by Crippen LogP contribution is 2.34. The molecule has 1 heterocycles. The predicted molar refractivity (Wildman–Crippen MR) is 68.7 cm³/mol. The number of ether oxygens (including phenoxy) is 1. The van der Waals surface area contributed by atoms with Gasteiger partial charge in [-0.05, 0) is 20.3 Å². The Labute approximate surface area is 105 Å². The molecule has 1 saturated heterocycles. The first-order valence-corrected chi connectivity index (χ1v) is 7.48. The molecule has 0 spiro atoms. The fourth-order valence-corrected chi connectivity index (χ4v) is 3.82. The average Bonchev–Trinajstić information content (AvgIpc) is 2.61. The largest absolute Gasteiger partial charge is 0.463 e. The monoisotopic (exact) mass is 262 g/mol. The van der Waals surface area contributed by atoms with Crippen molar-refractivity contribution in [1.82, 2.24) is 0 Å². The third-order valence-corrected chi connectivity index (χ3v) is 4.85. The summed E-state index contributed by atoms with van der Waals surface area (Å²) in [5.74, 6) is 1.57. The molecular weight excluding hydrogens is 244 g/mol. The number of thioether (sulfide) groups is 2. The second-order valence-corrected chi connectivity index (χ2v) is 6.71. The summed E-state index contributed by atoms with van der Waals surface area (Å²) >= 11 is 3.12. The lowest BCUT2D eigenvalue weighted by atomic mass is 10.1. The third kappa shape index (κ3) is 4.78. The smallest absolute Gasteiger partial charge is 0.310 e. The van der Waals surface area contributed by atoms with E-state index in [1.807, 2.05) is 13.8 Å². The molecule has 0 aliphatic carbocycles. The summed E-state index contributed by atoms with van der Waals surface area (Å²) in [6, 6.07) is 0. The van der Waals surface area contributed by atoms with Gasteiger partial charge in [-0.1, -0.05) is 11.8 Å². The zero-order valence-corrected chi connectivity index (χ0v) is 11.5. The van der Waals surface area contributed by atoms with Crippen molar-refractivity contribution < 1.29 is 14.3 Å². The lowest BCUT2D eigenvalue weighted by molar-refractivity contribution is -0.151. The lowest BCUT2D eigenvalue weighted by Gasteiger charge is -2.12. The Morgan fingerprint density at radius 3 is 2.75 bits per heavy atom. The Bertz CT molecular complexity index is 266. The van der Waals surface area contributed by atoms with Crippen molar-refractivity contribution in [3.63, 3.8) is 0 Å². The van der Waals surface area contributed by atoms with E-state index in [0.29, 0.717) is 5.25 Å². The van der Waals surface area contributed by atoms with E-state index in [1.54, 1.807) is 18.7 Å². The molecule has 16 heavy (non-hydrogen) atoms. The summed E-state index contributed by atoms with van der Waals surface area (Å²) in [6.45, 7) is 5.31. The van der Waals surface area contributed by atoms with Gasteiger partial charge in [0.15, 0.2) is 5.12 Å². The summed E-state index contributed by atoms with van der Waals surface area (Å²) in [5.41, 5.74) is 0. The van der Waals surface area contributed by atoms with Gasteiger partial charge in [0.05, 0.1) is 12.0 Å². The van der Waals surface area contributed by atoms with E-state index in [-0.39, 0.29) is 23.1 Å². The molecule has 0 N–H and O–H groups in total. The molecule has 2 atom stereocenters. The van der Waals surface area contributed by atoms with Gasteiger partial charge in [0.1, 0.15) is 0 Å². The topological polar surface area (TPSA) is 43.4 Å². The number of esters is 1. The van der Waals surface area contributed by atoms with Crippen molar-refractivity contribution in [1.29, 1.82) is 0 Å². The minimum atomic E-state index is -0.0853. The third-order valence-electron chi connectivity index (χ3n) is 2.24. The molecule has 0 saturated carbocycles. The first-order valence-electron chi connectivity index (χ1n) is 5.44. The highest BCUT2D eigenvalue weighted by molar-refractivity contribution is 8.14. The van der Waals surface area contributed by atoms with Gasteiger partial charge in [0.25, 0.3) is 0 Å². The van der Waals surface area contributed by atoms with Gasteiger partial charge in [-0.3, -0.25) is 9.59 Å². The molecular formula is C11H18O3S2. The molecule has 1 unspecified atom stereocenters. The van der Waals surface area contributed by atoms with E-state index < -0.39 is 0 Å². The molecule has 1 aliphatic heterocycles. The standard InChI is InChI=1S/C11H18O3S2/c1-7(2)14-11(13)9-4-10(16-5-9)6-15-8(3)12/h7,9-10H,4-6H2,1-3H3/t9?,10-/m1/s1. The van der Waals surface area contributed by atoms with E-state index in [9.17, 15) is 9.59 Å². The van der Waals surface area contributed by atoms with Crippen molar-refractivity contribution in [3.05, 3.63) is 0 Å². The molecule has 1 rings (SSSR count). The number of rotatable bonds is 4. The van der Waals surface area contributed by atoms with Crippen LogP contribution in [0.2, 0.25) is 0 Å². The molecule has 0 amide bonds. The van der Waals surface area contributed by atoms with Crippen molar-refractivity contribution in [2.24, 2.45) is 5.92 Å². The van der Waals surface area contributed by atoms with Crippen molar-refractivity contribution in [3.8, 4) is 0 Å². The quantitative estimate of drug-likeness (QED) is 0.728. The number of carbonyl (C=O) groups is 2. The number of carbonyl (C=O) groups excluding carboxylic acids is 2. The van der Waals surface area contributed by atoms with E-state index >= 15 is 0 Å². The zero-order chi connectivity index (χ0) is 12.1. The van der Waals surface area contributed by atoms with E-state index in [2.05, 4.69) is 0 Å². The van der Waals surface area contributed by atoms with Crippen LogP contribution in [0.15, 0.2) is 0 Å². The summed E-state index contributed by atoms with van der Waals surface area (Å²) in [4.78, 5) is 22.5. The fraction of sp³-hybridized carbons (Fsp3) is 0.818.